The molecule has 28 heavy (non-hydrogen) atoms. The molecule has 1 N–H and O–H groups in total. The second kappa shape index (κ2) is 7.44. The van der Waals surface area contributed by atoms with Gasteiger partial charge in [-0.05, 0) is 24.3 Å². The van der Waals surface area contributed by atoms with E-state index in [0.29, 0.717) is 32.2 Å². The van der Waals surface area contributed by atoms with Crippen LogP contribution in [0, 0.1) is 11.3 Å². The fourth-order valence-corrected chi connectivity index (χ4v) is 3.45. The van der Waals surface area contributed by atoms with E-state index in [4.69, 9.17) is 4.74 Å². The number of carboxylic acid groups (broad SMARTS) is 1. The Labute approximate surface area is 165 Å². The first kappa shape index (κ1) is 19.6. The third-order valence-electron chi connectivity index (χ3n) is 4.01. The third kappa shape index (κ3) is 3.36. The Morgan fingerprint density at radius 3 is 2.57 bits per heavy atom. The highest BCUT2D eigenvalue weighted by molar-refractivity contribution is 9.10. The molecule has 1 heterocycles. The first-order chi connectivity index (χ1) is 13.3. The normalized spacial score (nSPS) is 10.9. The van der Waals surface area contributed by atoms with Crippen LogP contribution >= 0.6 is 15.9 Å². The van der Waals surface area contributed by atoms with Crippen molar-refractivity contribution in [1.82, 2.24) is 9.78 Å². The summed E-state index contributed by atoms with van der Waals surface area (Å²) in [5.74, 6) is -2.19. The monoisotopic (exact) mass is 451 g/mol. The molecule has 0 saturated carbocycles. The molecular weight excluding hydrogens is 440 g/mol. The van der Waals surface area contributed by atoms with Crippen LogP contribution in [0.15, 0.2) is 28.7 Å². The van der Waals surface area contributed by atoms with Crippen LogP contribution in [0.3, 0.4) is 0 Å². The Morgan fingerprint density at radius 2 is 2.00 bits per heavy atom. The lowest BCUT2D eigenvalue weighted by atomic mass is 10.0. The highest BCUT2D eigenvalue weighted by Gasteiger charge is 2.25. The maximum atomic E-state index is 12.8. The van der Waals surface area contributed by atoms with Crippen molar-refractivity contribution < 1.29 is 28.2 Å². The molecule has 0 radical (unpaired) electrons. The smallest absolute Gasteiger partial charge is 0.387 e. The summed E-state index contributed by atoms with van der Waals surface area (Å²) in [6.07, 6.45) is 0. The molecule has 0 fully saturated rings. The van der Waals surface area contributed by atoms with Gasteiger partial charge in [-0.15, -0.1) is 0 Å². The summed E-state index contributed by atoms with van der Waals surface area (Å²) < 4.78 is 37.3. The summed E-state index contributed by atoms with van der Waals surface area (Å²) in [4.78, 5) is 11.5. The lowest BCUT2D eigenvalue weighted by molar-refractivity contribution is -0.0503. The minimum Gasteiger partial charge on any atom is -0.496 e. The fourth-order valence-electron chi connectivity index (χ4n) is 3.00. The predicted molar refractivity (Wildman–Crippen MR) is 98.7 cm³/mol. The summed E-state index contributed by atoms with van der Waals surface area (Å²) >= 11 is 3.31. The highest BCUT2D eigenvalue weighted by Crippen LogP contribution is 2.39. The van der Waals surface area contributed by atoms with E-state index in [9.17, 15) is 23.9 Å². The number of alkyl halides is 2. The molecule has 1 aromatic heterocycles. The fraction of sp³-hybridized carbons (Fsp3) is 0.167. The van der Waals surface area contributed by atoms with Crippen molar-refractivity contribution >= 4 is 32.8 Å². The number of nitriles is 1. The van der Waals surface area contributed by atoms with Crippen molar-refractivity contribution in [2.24, 2.45) is 7.05 Å². The Balaban J connectivity index is 2.38. The van der Waals surface area contributed by atoms with Crippen molar-refractivity contribution in [3.05, 3.63) is 39.9 Å². The Bertz CT molecular complexity index is 1140. The number of aryl methyl sites for hydroxylation is 1. The van der Waals surface area contributed by atoms with Crippen LogP contribution in [0.4, 0.5) is 8.78 Å². The van der Waals surface area contributed by atoms with Gasteiger partial charge in [-0.25, -0.2) is 4.79 Å². The van der Waals surface area contributed by atoms with Gasteiger partial charge in [-0.2, -0.15) is 19.1 Å². The maximum absolute atomic E-state index is 12.8. The van der Waals surface area contributed by atoms with Crippen molar-refractivity contribution in [1.29, 1.82) is 5.26 Å². The van der Waals surface area contributed by atoms with E-state index < -0.39 is 23.9 Å². The molecule has 0 unspecified atom stereocenters. The minimum atomic E-state index is -3.23. The molecule has 10 heteroatoms. The summed E-state index contributed by atoms with van der Waals surface area (Å²) in [6.45, 7) is -3.23. The number of rotatable bonds is 5. The zero-order chi connectivity index (χ0) is 20.6. The third-order valence-corrected chi connectivity index (χ3v) is 4.47. The highest BCUT2D eigenvalue weighted by atomic mass is 79.9. The van der Waals surface area contributed by atoms with Gasteiger partial charge in [0.25, 0.3) is 0 Å². The van der Waals surface area contributed by atoms with Crippen LogP contribution in [0.2, 0.25) is 0 Å². The van der Waals surface area contributed by atoms with E-state index in [2.05, 4.69) is 31.8 Å². The van der Waals surface area contributed by atoms with E-state index in [1.165, 1.54) is 17.9 Å². The maximum Gasteiger partial charge on any atom is 0.387 e. The first-order valence-electron chi connectivity index (χ1n) is 7.73. The van der Waals surface area contributed by atoms with Crippen molar-refractivity contribution in [3.63, 3.8) is 0 Å². The number of hydrogen-bond donors (Lipinski definition) is 1. The Hall–Kier alpha value is -3.19. The van der Waals surface area contributed by atoms with Crippen LogP contribution < -0.4 is 9.47 Å². The largest absolute Gasteiger partial charge is 0.496 e. The zero-order valence-electron chi connectivity index (χ0n) is 14.5. The summed E-state index contributed by atoms with van der Waals surface area (Å²) in [6, 6.07) is 7.93. The summed E-state index contributed by atoms with van der Waals surface area (Å²) in [5, 5.41) is 23.7. The van der Waals surface area contributed by atoms with Gasteiger partial charge in [0.2, 0.25) is 0 Å². The van der Waals surface area contributed by atoms with Crippen LogP contribution in [0.1, 0.15) is 15.9 Å². The molecule has 7 nitrogen and oxygen atoms in total. The molecule has 0 aliphatic carbocycles. The molecule has 3 rings (SSSR count). The van der Waals surface area contributed by atoms with Crippen molar-refractivity contribution in [2.45, 2.75) is 6.61 Å². The molecule has 0 spiro atoms. The van der Waals surface area contributed by atoms with E-state index in [0.717, 1.165) is 6.07 Å². The van der Waals surface area contributed by atoms with Crippen LogP contribution in [0.5, 0.6) is 11.5 Å². The summed E-state index contributed by atoms with van der Waals surface area (Å²) in [5.41, 5.74) is 1.02. The Morgan fingerprint density at radius 1 is 1.32 bits per heavy atom. The van der Waals surface area contributed by atoms with Crippen molar-refractivity contribution in [3.8, 4) is 28.8 Å². The average Bonchev–Trinajstić information content (AvgIpc) is 2.94. The van der Waals surface area contributed by atoms with E-state index in [1.807, 2.05) is 0 Å². The molecule has 0 amide bonds. The van der Waals surface area contributed by atoms with Crippen LogP contribution in [-0.2, 0) is 7.05 Å². The molecule has 3 aromatic rings. The standard InChI is InChI=1S/C18H12BrF2N3O4/c1-24-16(14-9(7-22)3-10(19)6-11(14)23-24)8-4-12(27-2)15(17(25)26)13(5-8)28-18(20)21/h3-6,18H,1-2H3,(H,25,26). The van der Waals surface area contributed by atoms with Gasteiger partial charge < -0.3 is 14.6 Å². The van der Waals surface area contributed by atoms with Gasteiger partial charge in [0.1, 0.15) is 17.1 Å². The zero-order valence-corrected chi connectivity index (χ0v) is 16.1. The summed E-state index contributed by atoms with van der Waals surface area (Å²) in [7, 11) is 2.84. The molecule has 0 bridgehead atoms. The first-order valence-corrected chi connectivity index (χ1v) is 8.53. The Kier molecular flexibility index (Phi) is 5.20. The lowest BCUT2D eigenvalue weighted by Crippen LogP contribution is -2.10. The van der Waals surface area contributed by atoms with Crippen LogP contribution in [-0.4, -0.2) is 34.6 Å². The number of aromatic carboxylic acids is 1. The number of methoxy groups -OCH3 is 1. The number of fused-ring (bicyclic) bond motifs is 1. The second-order valence-corrected chi connectivity index (χ2v) is 6.58. The minimum absolute atomic E-state index is 0.161. The van der Waals surface area contributed by atoms with Crippen LogP contribution in [0.25, 0.3) is 22.2 Å². The number of carboxylic acids is 1. The number of benzene rings is 2. The van der Waals surface area contributed by atoms with Gasteiger partial charge in [0, 0.05) is 22.5 Å². The van der Waals surface area contributed by atoms with Crippen molar-refractivity contribution in [2.75, 3.05) is 7.11 Å². The number of halogens is 3. The number of aromatic nitrogens is 2. The van der Waals surface area contributed by atoms with Gasteiger partial charge in [0.15, 0.2) is 0 Å². The molecule has 0 aliphatic heterocycles. The van der Waals surface area contributed by atoms with Gasteiger partial charge in [-0.1, -0.05) is 15.9 Å². The van der Waals surface area contributed by atoms with E-state index in [1.54, 1.807) is 19.2 Å². The quantitative estimate of drug-likeness (QED) is 0.624. The SMILES string of the molecule is COc1cc(-c2c3c(C#N)cc(Br)cc3nn2C)cc(OC(F)F)c1C(=O)O. The number of hydrogen-bond acceptors (Lipinski definition) is 5. The number of nitrogens with zero attached hydrogens (tertiary/aromatic N) is 3. The molecular formula is C18H12BrF2N3O4. The van der Waals surface area contributed by atoms with Gasteiger partial charge >= 0.3 is 12.6 Å². The van der Waals surface area contributed by atoms with Gasteiger partial charge in [-0.3, -0.25) is 4.68 Å². The molecule has 0 saturated heterocycles. The lowest BCUT2D eigenvalue weighted by Gasteiger charge is -2.14. The van der Waals surface area contributed by atoms with E-state index >= 15 is 0 Å². The molecule has 0 aliphatic rings. The average molecular weight is 452 g/mol. The topological polar surface area (TPSA) is 97.4 Å². The predicted octanol–water partition coefficient (Wildman–Crippen LogP) is 4.18. The second-order valence-electron chi connectivity index (χ2n) is 5.67. The van der Waals surface area contributed by atoms with Gasteiger partial charge in [0.05, 0.1) is 30.0 Å². The van der Waals surface area contributed by atoms with E-state index in [-0.39, 0.29) is 5.75 Å². The number of carbonyl (C=O) groups is 1. The molecule has 2 aromatic carbocycles. The molecule has 0 atom stereocenters. The number of ether oxygens (including phenoxy) is 2. The molecule has 144 valence electrons.